The van der Waals surface area contributed by atoms with E-state index >= 15 is 4.39 Å². The third kappa shape index (κ3) is 5.19. The highest BCUT2D eigenvalue weighted by Crippen LogP contribution is 2.42. The number of alkyl halides is 2. The van der Waals surface area contributed by atoms with E-state index in [1.165, 1.54) is 17.7 Å². The maximum Gasteiger partial charge on any atom is 0.140 e. The average molecular weight is 496 g/mol. The SMILES string of the molecule is FCCCN1CC(F)(Cc2ccc(C3=C(c4ccc(F)cc4Cl)CCCc4ccccc43)cc2)C1. The molecule has 0 spiro atoms. The van der Waals surface area contributed by atoms with Crippen LogP contribution in [0.2, 0.25) is 5.02 Å². The topological polar surface area (TPSA) is 3.24 Å². The van der Waals surface area contributed by atoms with Crippen molar-refractivity contribution in [3.63, 3.8) is 0 Å². The molecule has 0 atom stereocenters. The zero-order valence-electron chi connectivity index (χ0n) is 19.7. The Bertz CT molecular complexity index is 1230. The van der Waals surface area contributed by atoms with E-state index in [1.54, 1.807) is 6.07 Å². The highest BCUT2D eigenvalue weighted by Gasteiger charge is 2.42. The van der Waals surface area contributed by atoms with E-state index in [-0.39, 0.29) is 12.5 Å². The molecule has 182 valence electrons. The summed E-state index contributed by atoms with van der Waals surface area (Å²) < 4.78 is 41.3. The summed E-state index contributed by atoms with van der Waals surface area (Å²) in [6.07, 6.45) is 3.58. The second-order valence-electron chi connectivity index (χ2n) is 9.77. The molecule has 35 heavy (non-hydrogen) atoms. The summed E-state index contributed by atoms with van der Waals surface area (Å²) in [5, 5.41) is 0.412. The maximum absolute atomic E-state index is 15.1. The largest absolute Gasteiger partial charge is 0.297 e. The van der Waals surface area contributed by atoms with E-state index in [0.29, 0.717) is 37.5 Å². The molecule has 3 aromatic carbocycles. The van der Waals surface area contributed by atoms with Crippen LogP contribution in [0.5, 0.6) is 0 Å². The van der Waals surface area contributed by atoms with E-state index in [9.17, 15) is 8.78 Å². The molecular formula is C30H29ClF3N. The van der Waals surface area contributed by atoms with Gasteiger partial charge in [0.25, 0.3) is 0 Å². The number of likely N-dealkylation sites (tertiary alicyclic amines) is 1. The summed E-state index contributed by atoms with van der Waals surface area (Å²) in [5.41, 5.74) is 6.26. The summed E-state index contributed by atoms with van der Waals surface area (Å²) in [7, 11) is 0. The van der Waals surface area contributed by atoms with Gasteiger partial charge in [0.1, 0.15) is 11.5 Å². The van der Waals surface area contributed by atoms with E-state index in [4.69, 9.17) is 11.6 Å². The summed E-state index contributed by atoms with van der Waals surface area (Å²) in [6.45, 7) is 0.978. The van der Waals surface area contributed by atoms with Gasteiger partial charge in [-0.05, 0) is 76.8 Å². The van der Waals surface area contributed by atoms with Gasteiger partial charge in [-0.1, -0.05) is 66.2 Å². The Kier molecular flexibility index (Phi) is 7.04. The van der Waals surface area contributed by atoms with Crippen LogP contribution in [0, 0.1) is 5.82 Å². The molecule has 0 amide bonds. The summed E-state index contributed by atoms with van der Waals surface area (Å²) in [4.78, 5) is 1.97. The first kappa shape index (κ1) is 24.1. The first-order valence-corrected chi connectivity index (χ1v) is 12.7. The lowest BCUT2D eigenvalue weighted by Gasteiger charge is -2.44. The molecule has 1 aliphatic heterocycles. The molecule has 1 heterocycles. The first-order chi connectivity index (χ1) is 17.0. The molecule has 1 fully saturated rings. The average Bonchev–Trinajstić information content (AvgIpc) is 3.01. The molecule has 0 unspecified atom stereocenters. The minimum atomic E-state index is -1.25. The standard InChI is InChI=1S/C30H29ClF3N/c31-28-17-24(33)13-14-26(28)27-8-3-6-22-5-1-2-7-25(22)29(27)23-11-9-21(10-12-23)18-30(34)19-35(20-30)16-4-15-32/h1-2,5,7,9-14,17H,3-4,6,8,15-16,18-20H2. The third-order valence-electron chi connectivity index (χ3n) is 7.10. The zero-order chi connectivity index (χ0) is 24.4. The Morgan fingerprint density at radius 3 is 2.43 bits per heavy atom. The Labute approximate surface area is 210 Å². The normalized spacial score (nSPS) is 17.6. The van der Waals surface area contributed by atoms with Crippen LogP contribution >= 0.6 is 11.6 Å². The summed E-state index contributed by atoms with van der Waals surface area (Å²) in [6, 6.07) is 21.1. The molecule has 0 aromatic heterocycles. The van der Waals surface area contributed by atoms with Crippen LogP contribution in [-0.4, -0.2) is 36.9 Å². The van der Waals surface area contributed by atoms with Crippen LogP contribution < -0.4 is 0 Å². The van der Waals surface area contributed by atoms with Crippen molar-refractivity contribution in [2.75, 3.05) is 26.3 Å². The second kappa shape index (κ2) is 10.2. The van der Waals surface area contributed by atoms with E-state index in [2.05, 4.69) is 30.3 Å². The molecular weight excluding hydrogens is 467 g/mol. The fourth-order valence-electron chi connectivity index (χ4n) is 5.52. The Morgan fingerprint density at radius 1 is 0.914 bits per heavy atom. The van der Waals surface area contributed by atoms with Crippen LogP contribution in [0.1, 0.15) is 47.1 Å². The number of allylic oxidation sites excluding steroid dienone is 1. The van der Waals surface area contributed by atoms with Crippen molar-refractivity contribution in [1.82, 2.24) is 4.90 Å². The van der Waals surface area contributed by atoms with Crippen molar-refractivity contribution in [2.24, 2.45) is 0 Å². The van der Waals surface area contributed by atoms with Gasteiger partial charge in [-0.25, -0.2) is 8.78 Å². The Balaban J connectivity index is 1.48. The van der Waals surface area contributed by atoms with Gasteiger partial charge < -0.3 is 0 Å². The van der Waals surface area contributed by atoms with Crippen molar-refractivity contribution < 1.29 is 13.2 Å². The van der Waals surface area contributed by atoms with Gasteiger partial charge in [-0.3, -0.25) is 9.29 Å². The predicted molar refractivity (Wildman–Crippen MR) is 138 cm³/mol. The van der Waals surface area contributed by atoms with Crippen LogP contribution in [0.25, 0.3) is 11.1 Å². The molecule has 0 bridgehead atoms. The number of benzene rings is 3. The van der Waals surface area contributed by atoms with Crippen molar-refractivity contribution in [3.05, 3.63) is 105 Å². The zero-order valence-corrected chi connectivity index (χ0v) is 20.4. The molecule has 5 rings (SSSR count). The van der Waals surface area contributed by atoms with E-state index < -0.39 is 5.67 Å². The molecule has 0 saturated carbocycles. The number of hydrogen-bond donors (Lipinski definition) is 0. The molecule has 2 aliphatic rings. The molecule has 1 aliphatic carbocycles. The third-order valence-corrected chi connectivity index (χ3v) is 7.42. The molecule has 1 saturated heterocycles. The molecule has 5 heteroatoms. The lowest BCUT2D eigenvalue weighted by molar-refractivity contribution is -0.0323. The minimum Gasteiger partial charge on any atom is -0.297 e. The monoisotopic (exact) mass is 495 g/mol. The van der Waals surface area contributed by atoms with E-state index in [0.717, 1.165) is 52.7 Å². The number of hydrogen-bond acceptors (Lipinski definition) is 1. The van der Waals surface area contributed by atoms with Gasteiger partial charge in [0.2, 0.25) is 0 Å². The van der Waals surface area contributed by atoms with Crippen LogP contribution in [0.15, 0.2) is 66.7 Å². The lowest BCUT2D eigenvalue weighted by Crippen LogP contribution is -2.60. The van der Waals surface area contributed by atoms with Crippen LogP contribution in [0.4, 0.5) is 13.2 Å². The number of aryl methyl sites for hydroxylation is 1. The van der Waals surface area contributed by atoms with Crippen molar-refractivity contribution in [1.29, 1.82) is 0 Å². The van der Waals surface area contributed by atoms with Gasteiger partial charge >= 0.3 is 0 Å². The van der Waals surface area contributed by atoms with E-state index in [1.807, 2.05) is 23.1 Å². The maximum atomic E-state index is 15.1. The van der Waals surface area contributed by atoms with Gasteiger partial charge in [-0.15, -0.1) is 0 Å². The van der Waals surface area contributed by atoms with Crippen LogP contribution in [-0.2, 0) is 12.8 Å². The Hall–Kier alpha value is -2.56. The summed E-state index contributed by atoms with van der Waals surface area (Å²) >= 11 is 6.52. The fourth-order valence-corrected chi connectivity index (χ4v) is 5.80. The molecule has 3 aromatic rings. The fraction of sp³-hybridized carbons (Fsp3) is 0.333. The predicted octanol–water partition coefficient (Wildman–Crippen LogP) is 7.70. The number of rotatable bonds is 7. The quantitative estimate of drug-likeness (QED) is 0.324. The number of nitrogens with zero attached hydrogens (tertiary/aromatic N) is 1. The highest BCUT2D eigenvalue weighted by molar-refractivity contribution is 6.32. The van der Waals surface area contributed by atoms with Crippen LogP contribution in [0.3, 0.4) is 0 Å². The Morgan fingerprint density at radius 2 is 1.69 bits per heavy atom. The highest BCUT2D eigenvalue weighted by atomic mass is 35.5. The van der Waals surface area contributed by atoms with Crippen molar-refractivity contribution in [3.8, 4) is 0 Å². The molecule has 0 radical (unpaired) electrons. The van der Waals surface area contributed by atoms with Crippen molar-refractivity contribution >= 4 is 22.7 Å². The van der Waals surface area contributed by atoms with Gasteiger partial charge in [0.05, 0.1) is 11.7 Å². The smallest absolute Gasteiger partial charge is 0.140 e. The number of fused-ring (bicyclic) bond motifs is 1. The summed E-state index contributed by atoms with van der Waals surface area (Å²) in [5.74, 6) is -0.348. The molecule has 0 N–H and O–H groups in total. The van der Waals surface area contributed by atoms with Gasteiger partial charge in [0.15, 0.2) is 0 Å². The second-order valence-corrected chi connectivity index (χ2v) is 10.2. The van der Waals surface area contributed by atoms with Gasteiger partial charge in [0, 0.05) is 26.1 Å². The lowest BCUT2D eigenvalue weighted by atomic mass is 9.85. The number of halogens is 4. The van der Waals surface area contributed by atoms with Crippen molar-refractivity contribution in [2.45, 2.75) is 37.8 Å². The minimum absolute atomic E-state index is 0.348. The van der Waals surface area contributed by atoms with Gasteiger partial charge in [-0.2, -0.15) is 0 Å². The molecule has 1 nitrogen and oxygen atoms in total. The first-order valence-electron chi connectivity index (χ1n) is 12.3.